The second kappa shape index (κ2) is 6.91. The van der Waals surface area contributed by atoms with Gasteiger partial charge in [-0.25, -0.2) is 0 Å². The largest absolute Gasteiger partial charge is 0.493 e. The number of hydrogen-bond acceptors (Lipinski definition) is 4. The van der Waals surface area contributed by atoms with E-state index in [1.54, 1.807) is 21.3 Å². The average molecular weight is 252 g/mol. The highest BCUT2D eigenvalue weighted by molar-refractivity contribution is 5.53. The Balaban J connectivity index is 2.96. The molecule has 0 saturated heterocycles. The van der Waals surface area contributed by atoms with E-state index in [1.165, 1.54) is 6.08 Å². The summed E-state index contributed by atoms with van der Waals surface area (Å²) in [6.07, 6.45) is 2.36. The van der Waals surface area contributed by atoms with Crippen LogP contribution in [-0.4, -0.2) is 32.5 Å². The molecule has 0 aromatic heterocycles. The van der Waals surface area contributed by atoms with Gasteiger partial charge in [0.25, 0.3) is 0 Å². The lowest BCUT2D eigenvalue weighted by Crippen LogP contribution is -2.04. The molecule has 1 aromatic rings. The van der Waals surface area contributed by atoms with Crippen molar-refractivity contribution in [1.29, 1.82) is 0 Å². The maximum absolute atomic E-state index is 9.47. The first-order valence-electron chi connectivity index (χ1n) is 5.75. The molecule has 1 N–H and O–H groups in total. The van der Waals surface area contributed by atoms with E-state index in [-0.39, 0.29) is 0 Å². The molecule has 0 heterocycles. The fraction of sp³-hybridized carbons (Fsp3) is 0.429. The van der Waals surface area contributed by atoms with Gasteiger partial charge in [-0.2, -0.15) is 0 Å². The van der Waals surface area contributed by atoms with Crippen LogP contribution in [0.1, 0.15) is 12.0 Å². The van der Waals surface area contributed by atoms with Gasteiger partial charge in [0.05, 0.1) is 27.4 Å². The van der Waals surface area contributed by atoms with Gasteiger partial charge in [0.2, 0.25) is 5.75 Å². The Kier molecular flexibility index (Phi) is 5.52. The van der Waals surface area contributed by atoms with Crippen LogP contribution in [0, 0.1) is 0 Å². The quantitative estimate of drug-likeness (QED) is 0.756. The van der Waals surface area contributed by atoms with E-state index in [0.29, 0.717) is 30.1 Å². The fourth-order valence-electron chi connectivity index (χ4n) is 1.71. The molecule has 1 aromatic carbocycles. The van der Waals surface area contributed by atoms with Gasteiger partial charge >= 0.3 is 0 Å². The van der Waals surface area contributed by atoms with Gasteiger partial charge in [-0.15, -0.1) is 6.58 Å². The number of hydrogen-bond donors (Lipinski definition) is 1. The number of aliphatic hydroxyl groups is 1. The van der Waals surface area contributed by atoms with E-state index in [0.717, 1.165) is 5.56 Å². The van der Waals surface area contributed by atoms with Crippen LogP contribution in [0.4, 0.5) is 0 Å². The molecule has 1 rings (SSSR count). The number of rotatable bonds is 7. The van der Waals surface area contributed by atoms with Crippen molar-refractivity contribution in [3.63, 3.8) is 0 Å². The summed E-state index contributed by atoms with van der Waals surface area (Å²) >= 11 is 0. The molecule has 1 atom stereocenters. The van der Waals surface area contributed by atoms with Crippen LogP contribution in [0.2, 0.25) is 0 Å². The predicted molar refractivity (Wildman–Crippen MR) is 70.6 cm³/mol. The van der Waals surface area contributed by atoms with Gasteiger partial charge in [-0.3, -0.25) is 0 Å². The Morgan fingerprint density at radius 2 is 1.72 bits per heavy atom. The van der Waals surface area contributed by atoms with E-state index >= 15 is 0 Å². The number of benzene rings is 1. The lowest BCUT2D eigenvalue weighted by atomic mass is 10.1. The number of ether oxygens (including phenoxy) is 3. The van der Waals surface area contributed by atoms with Crippen molar-refractivity contribution in [3.05, 3.63) is 30.4 Å². The molecule has 0 aliphatic carbocycles. The molecule has 4 nitrogen and oxygen atoms in total. The second-order valence-electron chi connectivity index (χ2n) is 3.88. The minimum atomic E-state index is -0.496. The molecular weight excluding hydrogens is 232 g/mol. The molecule has 0 radical (unpaired) electrons. The third-order valence-electron chi connectivity index (χ3n) is 2.73. The molecule has 4 heteroatoms. The van der Waals surface area contributed by atoms with Crippen LogP contribution in [-0.2, 0) is 6.42 Å². The maximum Gasteiger partial charge on any atom is 0.203 e. The summed E-state index contributed by atoms with van der Waals surface area (Å²) in [5, 5.41) is 9.47. The molecule has 1 unspecified atom stereocenters. The summed E-state index contributed by atoms with van der Waals surface area (Å²) in [7, 11) is 4.74. The Labute approximate surface area is 108 Å². The van der Waals surface area contributed by atoms with Crippen LogP contribution in [0.25, 0.3) is 0 Å². The normalized spacial score (nSPS) is 11.8. The van der Waals surface area contributed by atoms with Crippen LogP contribution in [0.3, 0.4) is 0 Å². The molecule has 0 spiro atoms. The van der Waals surface area contributed by atoms with Gasteiger partial charge < -0.3 is 19.3 Å². The molecule has 100 valence electrons. The molecule has 0 amide bonds. The molecule has 0 aliphatic heterocycles. The Morgan fingerprint density at radius 1 is 1.17 bits per heavy atom. The van der Waals surface area contributed by atoms with Crippen LogP contribution in [0.15, 0.2) is 24.8 Å². The fourth-order valence-corrected chi connectivity index (χ4v) is 1.71. The smallest absolute Gasteiger partial charge is 0.203 e. The number of aliphatic hydroxyl groups excluding tert-OH is 1. The minimum absolute atomic E-state index is 0.496. The van der Waals surface area contributed by atoms with Crippen molar-refractivity contribution < 1.29 is 19.3 Å². The maximum atomic E-state index is 9.47. The minimum Gasteiger partial charge on any atom is -0.493 e. The zero-order chi connectivity index (χ0) is 13.5. The standard InChI is InChI=1S/C14H20O4/c1-5-11(15)7-6-10-8-12(16-2)14(18-4)13(9-10)17-3/h5,8-9,11,15H,1,6-7H2,2-4H3. The Hall–Kier alpha value is -1.68. The molecular formula is C14H20O4. The average Bonchev–Trinajstić information content (AvgIpc) is 2.43. The monoisotopic (exact) mass is 252 g/mol. The van der Waals surface area contributed by atoms with Gasteiger partial charge in [-0.1, -0.05) is 6.08 Å². The third kappa shape index (κ3) is 3.40. The van der Waals surface area contributed by atoms with Crippen molar-refractivity contribution in [2.24, 2.45) is 0 Å². The number of aryl methyl sites for hydroxylation is 1. The van der Waals surface area contributed by atoms with E-state index < -0.39 is 6.10 Å². The van der Waals surface area contributed by atoms with E-state index in [2.05, 4.69) is 6.58 Å². The first-order valence-corrected chi connectivity index (χ1v) is 5.75. The zero-order valence-electron chi connectivity index (χ0n) is 11.1. The van der Waals surface area contributed by atoms with Gasteiger partial charge in [-0.05, 0) is 30.5 Å². The first kappa shape index (κ1) is 14.4. The first-order chi connectivity index (χ1) is 8.65. The lowest BCUT2D eigenvalue weighted by Gasteiger charge is -2.14. The van der Waals surface area contributed by atoms with E-state index in [4.69, 9.17) is 14.2 Å². The summed E-state index contributed by atoms with van der Waals surface area (Å²) in [5.74, 6) is 1.83. The van der Waals surface area contributed by atoms with Crippen LogP contribution >= 0.6 is 0 Å². The second-order valence-corrected chi connectivity index (χ2v) is 3.88. The van der Waals surface area contributed by atoms with Crippen molar-refractivity contribution in [2.45, 2.75) is 18.9 Å². The highest BCUT2D eigenvalue weighted by Crippen LogP contribution is 2.38. The van der Waals surface area contributed by atoms with E-state index in [9.17, 15) is 5.11 Å². The highest BCUT2D eigenvalue weighted by Gasteiger charge is 2.13. The number of methoxy groups -OCH3 is 3. The van der Waals surface area contributed by atoms with Crippen LogP contribution in [0.5, 0.6) is 17.2 Å². The van der Waals surface area contributed by atoms with Crippen LogP contribution < -0.4 is 14.2 Å². The SMILES string of the molecule is C=CC(O)CCc1cc(OC)c(OC)c(OC)c1. The molecule has 0 aliphatic rings. The lowest BCUT2D eigenvalue weighted by molar-refractivity contribution is 0.213. The molecule has 0 fully saturated rings. The topological polar surface area (TPSA) is 47.9 Å². The summed E-state index contributed by atoms with van der Waals surface area (Å²) in [6, 6.07) is 3.77. The zero-order valence-corrected chi connectivity index (χ0v) is 11.1. The third-order valence-corrected chi connectivity index (χ3v) is 2.73. The molecule has 0 bridgehead atoms. The molecule has 0 saturated carbocycles. The summed E-state index contributed by atoms with van der Waals surface area (Å²) in [4.78, 5) is 0. The van der Waals surface area contributed by atoms with Gasteiger partial charge in [0, 0.05) is 0 Å². The van der Waals surface area contributed by atoms with Crippen molar-refractivity contribution in [3.8, 4) is 17.2 Å². The Morgan fingerprint density at radius 3 is 2.11 bits per heavy atom. The van der Waals surface area contributed by atoms with Crippen molar-refractivity contribution in [1.82, 2.24) is 0 Å². The van der Waals surface area contributed by atoms with E-state index in [1.807, 2.05) is 12.1 Å². The molecule has 18 heavy (non-hydrogen) atoms. The summed E-state index contributed by atoms with van der Waals surface area (Å²) < 4.78 is 15.8. The summed E-state index contributed by atoms with van der Waals surface area (Å²) in [5.41, 5.74) is 1.02. The van der Waals surface area contributed by atoms with Gasteiger partial charge in [0.15, 0.2) is 11.5 Å². The summed E-state index contributed by atoms with van der Waals surface area (Å²) in [6.45, 7) is 3.55. The Bertz CT molecular complexity index is 376. The van der Waals surface area contributed by atoms with Crippen molar-refractivity contribution >= 4 is 0 Å². The predicted octanol–water partition coefficient (Wildman–Crippen LogP) is 2.19. The van der Waals surface area contributed by atoms with Gasteiger partial charge in [0.1, 0.15) is 0 Å². The highest BCUT2D eigenvalue weighted by atomic mass is 16.5. The van der Waals surface area contributed by atoms with Crippen molar-refractivity contribution in [2.75, 3.05) is 21.3 Å².